The topological polar surface area (TPSA) is 133 Å². The number of nitrogens with zero attached hydrogens (tertiary/aromatic N) is 1. The number of sulfonamides is 1. The summed E-state index contributed by atoms with van der Waals surface area (Å²) >= 11 is 2.13. The molecule has 164 valence electrons. The van der Waals surface area contributed by atoms with Crippen molar-refractivity contribution < 1.29 is 28.0 Å². The number of rotatable bonds is 8. The maximum Gasteiger partial charge on any atom is 0.269 e. The van der Waals surface area contributed by atoms with Gasteiger partial charge in [0, 0.05) is 27.8 Å². The molecule has 0 bridgehead atoms. The van der Waals surface area contributed by atoms with E-state index in [2.05, 4.69) is 27.9 Å². The quantitative estimate of drug-likeness (QED) is 0.198. The molecule has 9 nitrogen and oxygen atoms in total. The van der Waals surface area contributed by atoms with Crippen molar-refractivity contribution in [1.82, 2.24) is 9.79 Å². The van der Waals surface area contributed by atoms with E-state index in [0.717, 1.165) is 7.88 Å². The monoisotopic (exact) mass is 557 g/mol. The van der Waals surface area contributed by atoms with Gasteiger partial charge in [0.25, 0.3) is 21.8 Å². The first kappa shape index (κ1) is 23.2. The fourth-order valence-electron chi connectivity index (χ4n) is 3.15. The molecule has 3 amide bonds. The van der Waals surface area contributed by atoms with Gasteiger partial charge in [0.2, 0.25) is 5.91 Å². The number of amides is 3. The molecular formula is C20H20IN3O6S. The van der Waals surface area contributed by atoms with Crippen LogP contribution in [0, 0.1) is 3.57 Å². The third kappa shape index (κ3) is 5.22. The Morgan fingerprint density at radius 3 is 2.42 bits per heavy atom. The van der Waals surface area contributed by atoms with Gasteiger partial charge in [-0.2, -0.15) is 0 Å². The molecule has 0 atom stereocenters. The Balaban J connectivity index is 1.68. The van der Waals surface area contributed by atoms with Crippen molar-refractivity contribution in [2.75, 3.05) is 11.9 Å². The van der Waals surface area contributed by atoms with Gasteiger partial charge in [-0.25, -0.2) is 18.2 Å². The molecule has 1 aliphatic rings. The summed E-state index contributed by atoms with van der Waals surface area (Å²) < 4.78 is 27.5. The Kier molecular flexibility index (Phi) is 7.28. The molecule has 0 radical (unpaired) electrons. The summed E-state index contributed by atoms with van der Waals surface area (Å²) in [4.78, 5) is 35.8. The van der Waals surface area contributed by atoms with Gasteiger partial charge in [0.15, 0.2) is 0 Å². The lowest BCUT2D eigenvalue weighted by molar-refractivity contribution is -0.129. The molecule has 2 aromatic carbocycles. The van der Waals surface area contributed by atoms with Crippen molar-refractivity contribution in [3.05, 3.63) is 57.2 Å². The SMILES string of the molecule is O=C(CCCCCN1C(=O)c2ccc(NC(=O)c3ccc(I)cc3)cc2S1(=O)=O)NO. The van der Waals surface area contributed by atoms with Gasteiger partial charge < -0.3 is 5.32 Å². The van der Waals surface area contributed by atoms with Crippen LogP contribution in [-0.2, 0) is 14.8 Å². The van der Waals surface area contributed by atoms with Gasteiger partial charge >= 0.3 is 0 Å². The average Bonchev–Trinajstić information content (AvgIpc) is 2.93. The van der Waals surface area contributed by atoms with Crippen molar-refractivity contribution in [2.24, 2.45) is 0 Å². The van der Waals surface area contributed by atoms with E-state index in [1.807, 2.05) is 0 Å². The number of unbranched alkanes of at least 4 members (excludes halogenated alkanes) is 2. The summed E-state index contributed by atoms with van der Waals surface area (Å²) in [6.07, 6.45) is 1.46. The summed E-state index contributed by atoms with van der Waals surface area (Å²) in [6.45, 7) is -0.0130. The maximum absolute atomic E-state index is 12.9. The highest BCUT2D eigenvalue weighted by Crippen LogP contribution is 2.32. The summed E-state index contributed by atoms with van der Waals surface area (Å²) in [6, 6.07) is 11.1. The molecule has 11 heteroatoms. The zero-order valence-electron chi connectivity index (χ0n) is 16.3. The van der Waals surface area contributed by atoms with Crippen molar-refractivity contribution in [1.29, 1.82) is 0 Å². The first-order chi connectivity index (χ1) is 14.7. The van der Waals surface area contributed by atoms with E-state index >= 15 is 0 Å². The molecule has 2 aromatic rings. The predicted molar refractivity (Wildman–Crippen MR) is 120 cm³/mol. The van der Waals surface area contributed by atoms with Gasteiger partial charge in [-0.1, -0.05) is 6.42 Å². The number of halogens is 1. The van der Waals surface area contributed by atoms with Crippen molar-refractivity contribution in [3.63, 3.8) is 0 Å². The second-order valence-corrected chi connectivity index (χ2v) is 9.98. The first-order valence-corrected chi connectivity index (χ1v) is 12.0. The number of hydrogen-bond donors (Lipinski definition) is 3. The number of anilines is 1. The number of nitrogens with one attached hydrogen (secondary N) is 2. The number of fused-ring (bicyclic) bond motifs is 1. The van der Waals surface area contributed by atoms with E-state index in [0.29, 0.717) is 24.8 Å². The Hall–Kier alpha value is -2.51. The molecule has 0 aromatic heterocycles. The Bertz CT molecular complexity index is 1120. The number of benzene rings is 2. The fraction of sp³-hybridized carbons (Fsp3) is 0.250. The van der Waals surface area contributed by atoms with Crippen LogP contribution in [0.3, 0.4) is 0 Å². The van der Waals surface area contributed by atoms with Crippen LogP contribution < -0.4 is 10.8 Å². The summed E-state index contributed by atoms with van der Waals surface area (Å²) in [5.74, 6) is -1.52. The third-order valence-corrected chi connectivity index (χ3v) is 7.30. The summed E-state index contributed by atoms with van der Waals surface area (Å²) in [5, 5.41) is 11.1. The second kappa shape index (κ2) is 9.75. The second-order valence-electron chi connectivity index (χ2n) is 6.90. The number of hydroxylamine groups is 1. The highest BCUT2D eigenvalue weighted by Gasteiger charge is 2.40. The largest absolute Gasteiger partial charge is 0.322 e. The van der Waals surface area contributed by atoms with E-state index in [9.17, 15) is 22.8 Å². The number of carbonyl (C=O) groups is 3. The standard InChI is InChI=1S/C20H20IN3O6S/c21-14-7-5-13(6-8-14)19(26)22-15-9-10-16-17(12-15)31(29,30)24(20(16)27)11-3-1-2-4-18(25)23-28/h5-10,12,28H,1-4,11H2,(H,22,26)(H,23,25). The van der Waals surface area contributed by atoms with Crippen LogP contribution in [0.15, 0.2) is 47.4 Å². The minimum absolute atomic E-state index is 0.0130. The van der Waals surface area contributed by atoms with E-state index in [1.54, 1.807) is 24.3 Å². The molecule has 1 aliphatic heterocycles. The zero-order chi connectivity index (χ0) is 22.6. The maximum atomic E-state index is 12.9. The molecule has 0 fully saturated rings. The van der Waals surface area contributed by atoms with E-state index in [-0.39, 0.29) is 35.0 Å². The number of carbonyl (C=O) groups excluding carboxylic acids is 3. The molecule has 0 aliphatic carbocycles. The Morgan fingerprint density at radius 2 is 1.74 bits per heavy atom. The minimum Gasteiger partial charge on any atom is -0.322 e. The fourth-order valence-corrected chi connectivity index (χ4v) is 5.14. The zero-order valence-corrected chi connectivity index (χ0v) is 19.3. The third-order valence-electron chi connectivity index (χ3n) is 4.76. The molecule has 0 unspecified atom stereocenters. The van der Waals surface area contributed by atoms with Crippen molar-refractivity contribution in [3.8, 4) is 0 Å². The van der Waals surface area contributed by atoms with E-state index in [4.69, 9.17) is 5.21 Å². The smallest absolute Gasteiger partial charge is 0.269 e. The molecule has 31 heavy (non-hydrogen) atoms. The van der Waals surface area contributed by atoms with Gasteiger partial charge in [-0.3, -0.25) is 19.6 Å². The highest BCUT2D eigenvalue weighted by atomic mass is 127. The van der Waals surface area contributed by atoms with Crippen molar-refractivity contribution >= 4 is 56.0 Å². The minimum atomic E-state index is -4.02. The van der Waals surface area contributed by atoms with Crippen LogP contribution in [-0.4, -0.2) is 42.2 Å². The van der Waals surface area contributed by atoms with Crippen LogP contribution in [0.4, 0.5) is 5.69 Å². The molecule has 0 saturated carbocycles. The van der Waals surface area contributed by atoms with E-state index < -0.39 is 21.8 Å². The average molecular weight is 557 g/mol. The lowest BCUT2D eigenvalue weighted by atomic mass is 10.1. The Labute approximate surface area is 193 Å². The number of hydrogen-bond acceptors (Lipinski definition) is 6. The van der Waals surface area contributed by atoms with Gasteiger partial charge in [0.05, 0.1) is 5.56 Å². The van der Waals surface area contributed by atoms with Gasteiger partial charge in [-0.05, 0) is 77.9 Å². The molecule has 3 rings (SSSR count). The first-order valence-electron chi connectivity index (χ1n) is 9.45. The van der Waals surface area contributed by atoms with Crippen LogP contribution in [0.2, 0.25) is 0 Å². The van der Waals surface area contributed by atoms with E-state index in [1.165, 1.54) is 23.7 Å². The Morgan fingerprint density at radius 1 is 1.03 bits per heavy atom. The molecular weight excluding hydrogens is 537 g/mol. The molecule has 1 heterocycles. The molecule has 0 saturated heterocycles. The van der Waals surface area contributed by atoms with Crippen LogP contribution in [0.5, 0.6) is 0 Å². The lowest BCUT2D eigenvalue weighted by Crippen LogP contribution is -2.31. The highest BCUT2D eigenvalue weighted by molar-refractivity contribution is 14.1. The normalized spacial score (nSPS) is 14.3. The molecule has 0 spiro atoms. The lowest BCUT2D eigenvalue weighted by Gasteiger charge is -2.14. The van der Waals surface area contributed by atoms with Crippen LogP contribution in [0.25, 0.3) is 0 Å². The van der Waals surface area contributed by atoms with Gasteiger partial charge in [-0.15, -0.1) is 0 Å². The summed E-state index contributed by atoms with van der Waals surface area (Å²) in [7, 11) is -4.02. The van der Waals surface area contributed by atoms with Gasteiger partial charge in [0.1, 0.15) is 4.90 Å². The molecule has 3 N–H and O–H groups in total. The van der Waals surface area contributed by atoms with Crippen LogP contribution >= 0.6 is 22.6 Å². The summed E-state index contributed by atoms with van der Waals surface area (Å²) in [5.41, 5.74) is 2.29. The van der Waals surface area contributed by atoms with Crippen LogP contribution in [0.1, 0.15) is 46.4 Å². The van der Waals surface area contributed by atoms with Crippen molar-refractivity contribution in [2.45, 2.75) is 30.6 Å². The predicted octanol–water partition coefficient (Wildman–Crippen LogP) is 2.75.